The maximum absolute atomic E-state index is 11.5. The SMILES string of the molecule is COC(=O)CN(CCn1ccccc1=O)C(C)C. The fourth-order valence-electron chi connectivity index (χ4n) is 1.63. The van der Waals surface area contributed by atoms with Gasteiger partial charge in [0, 0.05) is 31.4 Å². The first-order chi connectivity index (χ1) is 8.54. The molecule has 0 saturated carbocycles. The topological polar surface area (TPSA) is 51.5 Å². The van der Waals surface area contributed by atoms with Crippen molar-refractivity contribution in [1.82, 2.24) is 9.47 Å². The quantitative estimate of drug-likeness (QED) is 0.700. The summed E-state index contributed by atoms with van der Waals surface area (Å²) in [6, 6.07) is 5.29. The summed E-state index contributed by atoms with van der Waals surface area (Å²) in [7, 11) is 1.38. The van der Waals surface area contributed by atoms with Gasteiger partial charge in [0.05, 0.1) is 13.7 Å². The minimum Gasteiger partial charge on any atom is -0.468 e. The Labute approximate surface area is 107 Å². The molecule has 0 amide bonds. The highest BCUT2D eigenvalue weighted by molar-refractivity contribution is 5.71. The third kappa shape index (κ3) is 4.33. The molecule has 0 N–H and O–H groups in total. The van der Waals surface area contributed by atoms with Gasteiger partial charge in [-0.05, 0) is 19.9 Å². The predicted molar refractivity (Wildman–Crippen MR) is 69.4 cm³/mol. The molecule has 0 saturated heterocycles. The molecular formula is C13H20N2O3. The fraction of sp³-hybridized carbons (Fsp3) is 0.538. The van der Waals surface area contributed by atoms with Gasteiger partial charge in [-0.25, -0.2) is 0 Å². The molecule has 100 valence electrons. The van der Waals surface area contributed by atoms with Crippen molar-refractivity contribution in [2.45, 2.75) is 26.4 Å². The van der Waals surface area contributed by atoms with Crippen molar-refractivity contribution in [2.24, 2.45) is 0 Å². The molecule has 0 aliphatic heterocycles. The van der Waals surface area contributed by atoms with E-state index in [0.29, 0.717) is 13.1 Å². The zero-order chi connectivity index (χ0) is 13.5. The molecule has 1 rings (SSSR count). The van der Waals surface area contributed by atoms with E-state index in [1.807, 2.05) is 24.8 Å². The maximum atomic E-state index is 11.5. The molecule has 1 heterocycles. The van der Waals surface area contributed by atoms with E-state index >= 15 is 0 Å². The Balaban J connectivity index is 2.60. The molecule has 0 spiro atoms. The highest BCUT2D eigenvalue weighted by atomic mass is 16.5. The van der Waals surface area contributed by atoms with Crippen LogP contribution in [0.2, 0.25) is 0 Å². The molecule has 0 unspecified atom stereocenters. The number of rotatable bonds is 6. The normalized spacial score (nSPS) is 10.9. The first-order valence-corrected chi connectivity index (χ1v) is 6.01. The Morgan fingerprint density at radius 2 is 2.17 bits per heavy atom. The summed E-state index contributed by atoms with van der Waals surface area (Å²) in [5.74, 6) is -0.260. The first-order valence-electron chi connectivity index (χ1n) is 6.01. The van der Waals surface area contributed by atoms with Crippen molar-refractivity contribution in [3.63, 3.8) is 0 Å². The molecule has 5 nitrogen and oxygen atoms in total. The fourth-order valence-corrected chi connectivity index (χ4v) is 1.63. The summed E-state index contributed by atoms with van der Waals surface area (Å²) in [5, 5.41) is 0. The van der Waals surface area contributed by atoms with Crippen LogP contribution in [0.4, 0.5) is 0 Å². The van der Waals surface area contributed by atoms with E-state index in [-0.39, 0.29) is 24.1 Å². The van der Waals surface area contributed by atoms with Crippen LogP contribution >= 0.6 is 0 Å². The van der Waals surface area contributed by atoms with E-state index < -0.39 is 0 Å². The van der Waals surface area contributed by atoms with Gasteiger partial charge in [-0.1, -0.05) is 6.07 Å². The van der Waals surface area contributed by atoms with Crippen molar-refractivity contribution in [3.05, 3.63) is 34.7 Å². The van der Waals surface area contributed by atoms with E-state index in [4.69, 9.17) is 0 Å². The number of nitrogens with zero attached hydrogens (tertiary/aromatic N) is 2. The van der Waals surface area contributed by atoms with Gasteiger partial charge in [-0.2, -0.15) is 0 Å². The number of methoxy groups -OCH3 is 1. The summed E-state index contributed by atoms with van der Waals surface area (Å²) in [5.41, 5.74) is -0.0284. The molecule has 0 aromatic carbocycles. The summed E-state index contributed by atoms with van der Waals surface area (Å²) in [4.78, 5) is 24.8. The van der Waals surface area contributed by atoms with Crippen LogP contribution in [0.25, 0.3) is 0 Å². The Morgan fingerprint density at radius 3 is 2.72 bits per heavy atom. The number of esters is 1. The summed E-state index contributed by atoms with van der Waals surface area (Å²) in [6.07, 6.45) is 1.75. The lowest BCUT2D eigenvalue weighted by Gasteiger charge is -2.25. The minimum atomic E-state index is -0.260. The third-order valence-corrected chi connectivity index (χ3v) is 2.82. The van der Waals surface area contributed by atoms with Gasteiger partial charge in [-0.3, -0.25) is 14.5 Å². The number of carbonyl (C=O) groups is 1. The third-order valence-electron chi connectivity index (χ3n) is 2.82. The van der Waals surface area contributed by atoms with Gasteiger partial charge < -0.3 is 9.30 Å². The minimum absolute atomic E-state index is 0.0284. The lowest BCUT2D eigenvalue weighted by molar-refractivity contribution is -0.142. The van der Waals surface area contributed by atoms with E-state index in [1.165, 1.54) is 13.2 Å². The number of ether oxygens (including phenoxy) is 1. The van der Waals surface area contributed by atoms with E-state index in [9.17, 15) is 9.59 Å². The molecule has 0 fully saturated rings. The molecule has 0 atom stereocenters. The average Bonchev–Trinajstić information content (AvgIpc) is 2.35. The lowest BCUT2D eigenvalue weighted by Crippen LogP contribution is -2.39. The van der Waals surface area contributed by atoms with E-state index in [2.05, 4.69) is 4.74 Å². The molecule has 0 bridgehead atoms. The highest BCUT2D eigenvalue weighted by Crippen LogP contribution is 1.99. The molecule has 18 heavy (non-hydrogen) atoms. The molecule has 1 aromatic heterocycles. The van der Waals surface area contributed by atoms with Crippen LogP contribution in [0.3, 0.4) is 0 Å². The molecule has 1 aromatic rings. The first kappa shape index (κ1) is 14.4. The predicted octanol–water partition coefficient (Wildman–Crippen LogP) is 0.732. The monoisotopic (exact) mass is 252 g/mol. The largest absolute Gasteiger partial charge is 0.468 e. The zero-order valence-electron chi connectivity index (χ0n) is 11.1. The van der Waals surface area contributed by atoms with Gasteiger partial charge in [0.2, 0.25) is 0 Å². The van der Waals surface area contributed by atoms with Crippen LogP contribution in [0.1, 0.15) is 13.8 Å². The Bertz CT molecular complexity index is 440. The van der Waals surface area contributed by atoms with E-state index in [0.717, 1.165) is 0 Å². The van der Waals surface area contributed by atoms with Crippen LogP contribution in [0, 0.1) is 0 Å². The number of pyridine rings is 1. The van der Waals surface area contributed by atoms with Crippen LogP contribution < -0.4 is 5.56 Å². The van der Waals surface area contributed by atoms with Crippen LogP contribution in [-0.4, -0.2) is 41.7 Å². The number of hydrogen-bond acceptors (Lipinski definition) is 4. The van der Waals surface area contributed by atoms with Crippen molar-refractivity contribution >= 4 is 5.97 Å². The van der Waals surface area contributed by atoms with Crippen LogP contribution in [0.15, 0.2) is 29.2 Å². The van der Waals surface area contributed by atoms with Crippen molar-refractivity contribution in [3.8, 4) is 0 Å². The summed E-state index contributed by atoms with van der Waals surface area (Å²) in [6.45, 7) is 5.47. The van der Waals surface area contributed by atoms with Crippen molar-refractivity contribution in [2.75, 3.05) is 20.2 Å². The molecule has 0 aliphatic rings. The molecular weight excluding hydrogens is 232 g/mol. The van der Waals surface area contributed by atoms with E-state index in [1.54, 1.807) is 16.8 Å². The second-order valence-electron chi connectivity index (χ2n) is 4.37. The van der Waals surface area contributed by atoms with Crippen molar-refractivity contribution < 1.29 is 9.53 Å². The Kier molecular flexibility index (Phi) is 5.58. The van der Waals surface area contributed by atoms with Crippen molar-refractivity contribution in [1.29, 1.82) is 0 Å². The molecule has 0 aliphatic carbocycles. The number of carbonyl (C=O) groups excluding carboxylic acids is 1. The number of hydrogen-bond donors (Lipinski definition) is 0. The summed E-state index contributed by atoms with van der Waals surface area (Å²) >= 11 is 0. The average molecular weight is 252 g/mol. The highest BCUT2D eigenvalue weighted by Gasteiger charge is 2.14. The Morgan fingerprint density at radius 1 is 1.44 bits per heavy atom. The second-order valence-corrected chi connectivity index (χ2v) is 4.37. The lowest BCUT2D eigenvalue weighted by atomic mass is 10.3. The van der Waals surface area contributed by atoms with Gasteiger partial charge >= 0.3 is 5.97 Å². The molecule has 0 radical (unpaired) electrons. The smallest absolute Gasteiger partial charge is 0.319 e. The van der Waals surface area contributed by atoms with Crippen LogP contribution in [-0.2, 0) is 16.1 Å². The zero-order valence-corrected chi connectivity index (χ0v) is 11.1. The number of aromatic nitrogens is 1. The van der Waals surface area contributed by atoms with Gasteiger partial charge in [0.25, 0.3) is 5.56 Å². The van der Waals surface area contributed by atoms with Gasteiger partial charge in [0.1, 0.15) is 0 Å². The summed E-state index contributed by atoms with van der Waals surface area (Å²) < 4.78 is 6.29. The van der Waals surface area contributed by atoms with Gasteiger partial charge in [0.15, 0.2) is 0 Å². The second kappa shape index (κ2) is 6.96. The standard InChI is InChI=1S/C13H20N2O3/c1-11(2)15(10-13(17)18-3)9-8-14-7-5-4-6-12(14)16/h4-7,11H,8-10H2,1-3H3. The van der Waals surface area contributed by atoms with Crippen LogP contribution in [0.5, 0.6) is 0 Å². The maximum Gasteiger partial charge on any atom is 0.319 e. The Hall–Kier alpha value is -1.62. The molecule has 5 heteroatoms. The van der Waals surface area contributed by atoms with Gasteiger partial charge in [-0.15, -0.1) is 0 Å².